The van der Waals surface area contributed by atoms with E-state index in [9.17, 15) is 23.1 Å². The molecule has 2 atom stereocenters. The first-order valence-electron chi connectivity index (χ1n) is 11.9. The maximum absolute atomic E-state index is 13.3. The van der Waals surface area contributed by atoms with Gasteiger partial charge in [-0.1, -0.05) is 73.3 Å². The Morgan fingerprint density at radius 1 is 0.763 bits per heavy atom. The van der Waals surface area contributed by atoms with Crippen LogP contribution < -0.4 is 15.9 Å². The van der Waals surface area contributed by atoms with Crippen LogP contribution in [0.5, 0.6) is 0 Å². The Morgan fingerprint density at radius 2 is 1.16 bits per heavy atom. The molecule has 0 saturated carbocycles. The fraction of sp³-hybridized carbons (Fsp3) is 0.129. The largest absolute Gasteiger partial charge is 0.468 e. The number of carbonyl (C=O) groups excluding carboxylic acids is 1. The molecule has 0 saturated heterocycles. The third kappa shape index (κ3) is 5.15. The van der Waals surface area contributed by atoms with Crippen LogP contribution in [0.1, 0.15) is 17.2 Å². The molecular weight excluding hydrogens is 508 g/mol. The number of hydrogen-bond acceptors (Lipinski definition) is 3. The predicted molar refractivity (Wildman–Crippen MR) is 146 cm³/mol. The zero-order valence-electron chi connectivity index (χ0n) is 20.7. The van der Waals surface area contributed by atoms with Crippen LogP contribution >= 0.6 is 7.26 Å². The third-order valence-electron chi connectivity index (χ3n) is 6.57. The molecule has 0 aliphatic heterocycles. The molecule has 4 aromatic rings. The van der Waals surface area contributed by atoms with E-state index >= 15 is 0 Å². The van der Waals surface area contributed by atoms with Crippen LogP contribution in [0.25, 0.3) is 0 Å². The van der Waals surface area contributed by atoms with E-state index in [1.54, 1.807) is 0 Å². The number of benzene rings is 4. The van der Waals surface area contributed by atoms with Crippen molar-refractivity contribution in [3.8, 4) is 0 Å². The summed E-state index contributed by atoms with van der Waals surface area (Å²) in [5, 5.41) is 14.7. The summed E-state index contributed by atoms with van der Waals surface area (Å²) in [6.45, 7) is 4.44. The second kappa shape index (κ2) is 11.3. The number of aliphatic hydroxyl groups is 1. The number of esters is 1. The van der Waals surface area contributed by atoms with Crippen LogP contribution in [0.4, 0.5) is 13.2 Å². The highest BCUT2D eigenvalue weighted by molar-refractivity contribution is 7.99. The molecule has 0 aliphatic rings. The number of halogens is 3. The molecule has 0 aliphatic carbocycles. The summed E-state index contributed by atoms with van der Waals surface area (Å²) in [4.78, 5) is 13.3. The highest BCUT2D eigenvalue weighted by Gasteiger charge is 2.54. The summed E-state index contributed by atoms with van der Waals surface area (Å²) in [7, 11) is -1.60. The summed E-state index contributed by atoms with van der Waals surface area (Å²) in [5.41, 5.74) is -0.691. The number of alkyl halides is 3. The van der Waals surface area contributed by atoms with Crippen molar-refractivity contribution in [2.75, 3.05) is 7.11 Å². The normalized spacial score (nSPS) is 13.4. The average molecular weight is 536 g/mol. The van der Waals surface area contributed by atoms with Crippen molar-refractivity contribution >= 4 is 29.1 Å². The summed E-state index contributed by atoms with van der Waals surface area (Å²) < 4.78 is 44.6. The number of hydrogen-bond donors (Lipinski definition) is 1. The first-order chi connectivity index (χ1) is 18.2. The topological polar surface area (TPSA) is 46.5 Å². The summed E-state index contributed by atoms with van der Waals surface area (Å²) >= 11 is 0. The van der Waals surface area contributed by atoms with Crippen molar-refractivity contribution < 1.29 is 27.8 Å². The minimum Gasteiger partial charge on any atom is -0.468 e. The van der Waals surface area contributed by atoms with E-state index in [1.165, 1.54) is 19.2 Å². The van der Waals surface area contributed by atoms with Gasteiger partial charge < -0.3 is 9.84 Å². The van der Waals surface area contributed by atoms with Crippen LogP contribution in [-0.2, 0) is 15.7 Å². The van der Waals surface area contributed by atoms with Crippen molar-refractivity contribution in [1.29, 1.82) is 0 Å². The maximum Gasteiger partial charge on any atom is 0.416 e. The van der Waals surface area contributed by atoms with Crippen molar-refractivity contribution in [3.05, 3.63) is 138 Å². The lowest BCUT2D eigenvalue weighted by atomic mass is 9.94. The van der Waals surface area contributed by atoms with Crippen LogP contribution in [0.15, 0.2) is 127 Å². The van der Waals surface area contributed by atoms with Crippen molar-refractivity contribution in [3.63, 3.8) is 0 Å². The number of carbonyl (C=O) groups is 1. The van der Waals surface area contributed by atoms with E-state index in [1.807, 2.05) is 91.0 Å². The standard InChI is InChI=1S/C31H27F3O3P/c1-22(28(30(36)37-2)29(35)23-18-20-24(21-19-23)31(32,33)34)38(25-12-6-3-7-13-25,26-14-8-4-9-15-26)27-16-10-5-11-17-27/h3-21,28-29,35H,1H2,2H3/q+1. The number of rotatable bonds is 8. The van der Waals surface area contributed by atoms with E-state index in [2.05, 4.69) is 6.58 Å². The second-order valence-electron chi connectivity index (χ2n) is 8.73. The Bertz CT molecular complexity index is 1280. The van der Waals surface area contributed by atoms with E-state index in [4.69, 9.17) is 4.74 Å². The molecule has 2 unspecified atom stereocenters. The molecule has 0 spiro atoms. The lowest BCUT2D eigenvalue weighted by molar-refractivity contribution is -0.147. The van der Waals surface area contributed by atoms with Gasteiger partial charge in [-0.25, -0.2) is 0 Å². The molecule has 4 rings (SSSR count). The SMILES string of the molecule is C=C(C(C(=O)OC)C(O)c1ccc(C(F)(F)F)cc1)[P+](c1ccccc1)(c1ccccc1)c1ccccc1. The van der Waals surface area contributed by atoms with Gasteiger partial charge in [-0.05, 0) is 54.1 Å². The maximum atomic E-state index is 13.3. The van der Waals surface area contributed by atoms with Gasteiger partial charge in [0.05, 0.1) is 24.1 Å². The molecule has 0 radical (unpaired) electrons. The van der Waals surface area contributed by atoms with Gasteiger partial charge in [-0.2, -0.15) is 13.2 Å². The Kier molecular flexibility index (Phi) is 8.15. The fourth-order valence-corrected chi connectivity index (χ4v) is 9.16. The minimum absolute atomic E-state index is 0.154. The van der Waals surface area contributed by atoms with E-state index in [0.29, 0.717) is 5.31 Å². The van der Waals surface area contributed by atoms with Gasteiger partial charge in [0.2, 0.25) is 0 Å². The molecule has 0 amide bonds. The molecule has 0 heterocycles. The number of methoxy groups -OCH3 is 1. The molecule has 1 N–H and O–H groups in total. The molecule has 0 fully saturated rings. The Balaban J connectivity index is 1.96. The minimum atomic E-state index is -4.52. The molecule has 194 valence electrons. The molecule has 4 aromatic carbocycles. The van der Waals surface area contributed by atoms with E-state index in [0.717, 1.165) is 28.0 Å². The number of aliphatic hydroxyl groups excluding tert-OH is 1. The fourth-order valence-electron chi connectivity index (χ4n) is 4.74. The monoisotopic (exact) mass is 535 g/mol. The first-order valence-corrected chi connectivity index (χ1v) is 13.7. The number of ether oxygens (including phenoxy) is 1. The highest BCUT2D eigenvalue weighted by atomic mass is 31.2. The Hall–Kier alpha value is -3.73. The smallest absolute Gasteiger partial charge is 0.416 e. The molecule has 0 aromatic heterocycles. The quantitative estimate of drug-likeness (QED) is 0.221. The average Bonchev–Trinajstić information content (AvgIpc) is 2.95. The zero-order chi connectivity index (χ0) is 27.3. The lowest BCUT2D eigenvalue weighted by Crippen LogP contribution is -2.37. The van der Waals surface area contributed by atoms with Crippen LogP contribution in [0, 0.1) is 5.92 Å². The van der Waals surface area contributed by atoms with Crippen LogP contribution in [0.3, 0.4) is 0 Å². The van der Waals surface area contributed by atoms with Gasteiger partial charge in [0, 0.05) is 0 Å². The molecular formula is C31H27F3O3P+. The summed E-state index contributed by atoms with van der Waals surface area (Å²) in [5.74, 6) is -1.99. The first kappa shape index (κ1) is 27.3. The van der Waals surface area contributed by atoms with Gasteiger partial charge in [0.15, 0.2) is 0 Å². The third-order valence-corrected chi connectivity index (χ3v) is 10.9. The molecule has 0 bridgehead atoms. The highest BCUT2D eigenvalue weighted by Crippen LogP contribution is 2.65. The molecule has 7 heteroatoms. The summed E-state index contributed by atoms with van der Waals surface area (Å²) in [6.07, 6.45) is -6.02. The predicted octanol–water partition coefficient (Wildman–Crippen LogP) is 6.04. The molecule has 38 heavy (non-hydrogen) atoms. The van der Waals surface area contributed by atoms with E-state index < -0.39 is 37.0 Å². The Labute approximate surface area is 220 Å². The van der Waals surface area contributed by atoms with Crippen molar-refractivity contribution in [2.24, 2.45) is 5.92 Å². The molecule has 3 nitrogen and oxygen atoms in total. The zero-order valence-corrected chi connectivity index (χ0v) is 21.6. The van der Waals surface area contributed by atoms with Crippen molar-refractivity contribution in [1.82, 2.24) is 0 Å². The van der Waals surface area contributed by atoms with Gasteiger partial charge in [-0.15, -0.1) is 0 Å². The van der Waals surface area contributed by atoms with Gasteiger partial charge in [-0.3, -0.25) is 4.79 Å². The van der Waals surface area contributed by atoms with Crippen molar-refractivity contribution in [2.45, 2.75) is 12.3 Å². The van der Waals surface area contributed by atoms with Gasteiger partial charge in [0.1, 0.15) is 29.1 Å². The van der Waals surface area contributed by atoms with Gasteiger partial charge in [0.25, 0.3) is 0 Å². The lowest BCUT2D eigenvalue weighted by Gasteiger charge is -2.33. The summed E-state index contributed by atoms with van der Waals surface area (Å²) in [6, 6.07) is 33.1. The second-order valence-corrected chi connectivity index (χ2v) is 12.2. The van der Waals surface area contributed by atoms with Crippen LogP contribution in [0.2, 0.25) is 0 Å². The van der Waals surface area contributed by atoms with E-state index in [-0.39, 0.29) is 5.56 Å². The Morgan fingerprint density at radius 3 is 1.50 bits per heavy atom. The van der Waals surface area contributed by atoms with Gasteiger partial charge >= 0.3 is 12.1 Å². The van der Waals surface area contributed by atoms with Crippen LogP contribution in [-0.4, -0.2) is 18.2 Å².